The van der Waals surface area contributed by atoms with Crippen LogP contribution in [-0.4, -0.2) is 30.3 Å². The highest BCUT2D eigenvalue weighted by atomic mass is 35.5. The lowest BCUT2D eigenvalue weighted by molar-refractivity contribution is 0.0968. The molecule has 2 aliphatic heterocycles. The first kappa shape index (κ1) is 17.1. The number of ether oxygens (including phenoxy) is 2. The molecule has 26 heavy (non-hydrogen) atoms. The number of fused-ring (bicyclic) bond motifs is 1. The average molecular weight is 370 g/mol. The molecule has 0 aliphatic carbocycles. The molecule has 1 saturated heterocycles. The summed E-state index contributed by atoms with van der Waals surface area (Å²) in [6.45, 7) is 2.76. The van der Waals surface area contributed by atoms with Gasteiger partial charge in [-0.25, -0.2) is 0 Å². The van der Waals surface area contributed by atoms with Crippen molar-refractivity contribution in [1.82, 2.24) is 4.90 Å². The molecule has 1 unspecified atom stereocenters. The van der Waals surface area contributed by atoms with Crippen LogP contribution in [0, 0.1) is 0 Å². The summed E-state index contributed by atoms with van der Waals surface area (Å²) in [4.78, 5) is 15.0. The molecule has 4 nitrogen and oxygen atoms in total. The molecule has 4 rings (SSSR count). The van der Waals surface area contributed by atoms with Crippen molar-refractivity contribution in [2.75, 3.05) is 19.6 Å². The number of rotatable bonds is 5. The fourth-order valence-corrected chi connectivity index (χ4v) is 3.89. The van der Waals surface area contributed by atoms with Gasteiger partial charge in [0, 0.05) is 25.1 Å². The Hall–Kier alpha value is -2.30. The zero-order valence-corrected chi connectivity index (χ0v) is 15.1. The van der Waals surface area contributed by atoms with Crippen molar-refractivity contribution in [2.24, 2.45) is 0 Å². The number of halogens is 1. The van der Waals surface area contributed by atoms with Crippen LogP contribution in [0.25, 0.3) is 0 Å². The molecule has 2 aromatic rings. The molecule has 0 saturated carbocycles. The summed E-state index contributed by atoms with van der Waals surface area (Å²) >= 11 is 6.35. The third kappa shape index (κ3) is 3.48. The topological polar surface area (TPSA) is 38.8 Å². The lowest BCUT2D eigenvalue weighted by Crippen LogP contribution is -2.23. The third-order valence-corrected chi connectivity index (χ3v) is 5.37. The number of likely N-dealkylation sites (tertiary alicyclic amines) is 1. The molecule has 1 atom stereocenters. The summed E-state index contributed by atoms with van der Waals surface area (Å²) in [7, 11) is 0. The Kier molecular flexibility index (Phi) is 4.96. The van der Waals surface area contributed by atoms with Crippen molar-refractivity contribution in [1.29, 1.82) is 0 Å². The Bertz CT molecular complexity index is 835. The van der Waals surface area contributed by atoms with Gasteiger partial charge in [0.15, 0.2) is 17.3 Å². The molecule has 2 aromatic carbocycles. The van der Waals surface area contributed by atoms with Crippen molar-refractivity contribution in [3.63, 3.8) is 0 Å². The van der Waals surface area contributed by atoms with E-state index in [0.29, 0.717) is 34.4 Å². The molecule has 0 bridgehead atoms. The zero-order valence-electron chi connectivity index (χ0n) is 14.4. The van der Waals surface area contributed by atoms with Crippen LogP contribution in [0.15, 0.2) is 55.0 Å². The summed E-state index contributed by atoms with van der Waals surface area (Å²) in [5.74, 6) is 1.51. The Balaban J connectivity index is 1.36. The SMILES string of the molecule is O=C(CCN1CCC(c2ccccc2)C1)c1ccc2c(c1Cl)OC=CO2. The van der Waals surface area contributed by atoms with E-state index in [1.807, 2.05) is 6.07 Å². The lowest BCUT2D eigenvalue weighted by Gasteiger charge is -2.17. The van der Waals surface area contributed by atoms with E-state index in [0.717, 1.165) is 26.1 Å². The summed E-state index contributed by atoms with van der Waals surface area (Å²) < 4.78 is 10.7. The van der Waals surface area contributed by atoms with Crippen molar-refractivity contribution in [3.8, 4) is 11.5 Å². The van der Waals surface area contributed by atoms with Gasteiger partial charge in [0.1, 0.15) is 12.5 Å². The second-order valence-electron chi connectivity index (χ2n) is 6.63. The fourth-order valence-electron chi connectivity index (χ4n) is 3.58. The minimum absolute atomic E-state index is 0.0270. The van der Waals surface area contributed by atoms with Crippen LogP contribution in [0.2, 0.25) is 5.02 Å². The minimum atomic E-state index is 0.0270. The van der Waals surface area contributed by atoms with Gasteiger partial charge in [0.25, 0.3) is 0 Å². The molecule has 0 radical (unpaired) electrons. The van der Waals surface area contributed by atoms with Gasteiger partial charge >= 0.3 is 0 Å². The van der Waals surface area contributed by atoms with E-state index in [2.05, 4.69) is 29.2 Å². The number of hydrogen-bond acceptors (Lipinski definition) is 4. The second kappa shape index (κ2) is 7.52. The summed E-state index contributed by atoms with van der Waals surface area (Å²) in [6.07, 6.45) is 4.43. The Morgan fingerprint density at radius 2 is 1.92 bits per heavy atom. The van der Waals surface area contributed by atoms with Gasteiger partial charge in [-0.1, -0.05) is 41.9 Å². The molecule has 2 aliphatic rings. The number of carbonyl (C=O) groups excluding carboxylic acids is 1. The minimum Gasteiger partial charge on any atom is -0.458 e. The van der Waals surface area contributed by atoms with E-state index in [-0.39, 0.29) is 5.78 Å². The highest BCUT2D eigenvalue weighted by molar-refractivity contribution is 6.35. The maximum atomic E-state index is 12.6. The van der Waals surface area contributed by atoms with E-state index >= 15 is 0 Å². The Morgan fingerprint density at radius 3 is 2.77 bits per heavy atom. The monoisotopic (exact) mass is 369 g/mol. The smallest absolute Gasteiger partial charge is 0.188 e. The predicted octanol–water partition coefficient (Wildman–Crippen LogP) is 4.64. The van der Waals surface area contributed by atoms with Gasteiger partial charge in [-0.2, -0.15) is 0 Å². The normalized spacial score (nSPS) is 18.9. The van der Waals surface area contributed by atoms with E-state index in [1.165, 1.54) is 18.1 Å². The van der Waals surface area contributed by atoms with Gasteiger partial charge in [-0.05, 0) is 36.6 Å². The van der Waals surface area contributed by atoms with Gasteiger partial charge < -0.3 is 14.4 Å². The van der Waals surface area contributed by atoms with E-state index in [9.17, 15) is 4.79 Å². The molecule has 1 fully saturated rings. The number of Topliss-reactive ketones (excluding diaryl/α,β-unsaturated/α-hetero) is 1. The lowest BCUT2D eigenvalue weighted by atomic mass is 9.99. The first-order valence-electron chi connectivity index (χ1n) is 8.83. The van der Waals surface area contributed by atoms with Crippen molar-refractivity contribution >= 4 is 17.4 Å². The first-order valence-corrected chi connectivity index (χ1v) is 9.21. The van der Waals surface area contributed by atoms with Gasteiger partial charge in [0.05, 0.1) is 5.02 Å². The van der Waals surface area contributed by atoms with Crippen LogP contribution in [0.3, 0.4) is 0 Å². The van der Waals surface area contributed by atoms with Crippen LogP contribution >= 0.6 is 11.6 Å². The zero-order chi connectivity index (χ0) is 17.9. The van der Waals surface area contributed by atoms with E-state index in [4.69, 9.17) is 21.1 Å². The van der Waals surface area contributed by atoms with Crippen LogP contribution in [0.4, 0.5) is 0 Å². The predicted molar refractivity (Wildman–Crippen MR) is 101 cm³/mol. The highest BCUT2D eigenvalue weighted by Gasteiger charge is 2.25. The van der Waals surface area contributed by atoms with Crippen LogP contribution in [0.1, 0.15) is 34.7 Å². The average Bonchev–Trinajstić information content (AvgIpc) is 3.16. The molecule has 0 aromatic heterocycles. The Labute approximate surface area is 158 Å². The molecule has 0 N–H and O–H groups in total. The number of carbonyl (C=O) groups is 1. The van der Waals surface area contributed by atoms with Gasteiger partial charge in [0.2, 0.25) is 0 Å². The number of ketones is 1. The molecule has 5 heteroatoms. The summed E-state index contributed by atoms with van der Waals surface area (Å²) in [5, 5.41) is 0.320. The highest BCUT2D eigenvalue weighted by Crippen LogP contribution is 2.40. The van der Waals surface area contributed by atoms with Crippen LogP contribution in [-0.2, 0) is 0 Å². The fraction of sp³-hybridized carbons (Fsp3) is 0.286. The van der Waals surface area contributed by atoms with Gasteiger partial charge in [-0.15, -0.1) is 0 Å². The van der Waals surface area contributed by atoms with Crippen LogP contribution < -0.4 is 9.47 Å². The van der Waals surface area contributed by atoms with Crippen molar-refractivity contribution < 1.29 is 14.3 Å². The second-order valence-corrected chi connectivity index (χ2v) is 7.01. The largest absolute Gasteiger partial charge is 0.458 e. The number of benzene rings is 2. The molecular weight excluding hydrogens is 350 g/mol. The van der Waals surface area contributed by atoms with E-state index < -0.39 is 0 Å². The number of hydrogen-bond donors (Lipinski definition) is 0. The maximum Gasteiger partial charge on any atom is 0.188 e. The summed E-state index contributed by atoms with van der Waals surface area (Å²) in [6, 6.07) is 14.0. The third-order valence-electron chi connectivity index (χ3n) is 5.00. The van der Waals surface area contributed by atoms with E-state index in [1.54, 1.807) is 12.1 Å². The molecule has 2 heterocycles. The molecule has 0 amide bonds. The standard InChI is InChI=1S/C21H20ClNO3/c22-20-17(6-7-19-21(20)26-13-12-25-19)18(24)9-11-23-10-8-16(14-23)15-4-2-1-3-5-15/h1-7,12-13,16H,8-11,14H2. The maximum absolute atomic E-state index is 12.6. The molecular formula is C21H20ClNO3. The van der Waals surface area contributed by atoms with Crippen molar-refractivity contribution in [2.45, 2.75) is 18.8 Å². The Morgan fingerprint density at radius 1 is 1.12 bits per heavy atom. The molecule has 0 spiro atoms. The number of nitrogens with zero attached hydrogens (tertiary/aromatic N) is 1. The van der Waals surface area contributed by atoms with Crippen LogP contribution in [0.5, 0.6) is 11.5 Å². The van der Waals surface area contributed by atoms with Crippen molar-refractivity contribution in [3.05, 3.63) is 71.1 Å². The summed E-state index contributed by atoms with van der Waals surface area (Å²) in [5.41, 5.74) is 1.87. The molecule has 134 valence electrons. The first-order chi connectivity index (χ1) is 12.7. The van der Waals surface area contributed by atoms with Gasteiger partial charge in [-0.3, -0.25) is 4.79 Å². The quantitative estimate of drug-likeness (QED) is 0.719.